The van der Waals surface area contributed by atoms with Gasteiger partial charge in [-0.3, -0.25) is 0 Å². The van der Waals surface area contributed by atoms with Gasteiger partial charge in [-0.15, -0.1) is 0 Å². The maximum Gasteiger partial charge on any atom is 0.221 e. The van der Waals surface area contributed by atoms with Crippen LogP contribution in [0.2, 0.25) is 0 Å². The Morgan fingerprint density at radius 1 is 1.16 bits per heavy atom. The van der Waals surface area contributed by atoms with E-state index in [0.29, 0.717) is 18.2 Å². The van der Waals surface area contributed by atoms with Crippen molar-refractivity contribution < 1.29 is 13.9 Å². The first-order valence-corrected chi connectivity index (χ1v) is 8.44. The van der Waals surface area contributed by atoms with Crippen LogP contribution in [0.1, 0.15) is 12.8 Å². The summed E-state index contributed by atoms with van der Waals surface area (Å²) in [4.78, 5) is 4.36. The molecule has 0 bridgehead atoms. The number of pyridine rings is 1. The fourth-order valence-electron chi connectivity index (χ4n) is 3.07. The Morgan fingerprint density at radius 3 is 2.92 bits per heavy atom. The molecule has 2 aromatic carbocycles. The van der Waals surface area contributed by atoms with Gasteiger partial charge >= 0.3 is 0 Å². The molecule has 128 valence electrons. The molecule has 1 atom stereocenters. The Balaban J connectivity index is 1.61. The molecule has 0 saturated carbocycles. The van der Waals surface area contributed by atoms with Gasteiger partial charge in [-0.25, -0.2) is 9.37 Å². The molecule has 1 unspecified atom stereocenters. The topological polar surface area (TPSA) is 43.4 Å². The molecular formula is C20H19FN2O2. The quantitative estimate of drug-likeness (QED) is 0.734. The zero-order chi connectivity index (χ0) is 17.1. The number of benzene rings is 2. The normalized spacial score (nSPS) is 16.9. The van der Waals surface area contributed by atoms with Gasteiger partial charge in [-0.05, 0) is 49.2 Å². The summed E-state index contributed by atoms with van der Waals surface area (Å²) < 4.78 is 24.9. The fourth-order valence-corrected chi connectivity index (χ4v) is 3.07. The first kappa shape index (κ1) is 15.8. The van der Waals surface area contributed by atoms with Gasteiger partial charge in [-0.2, -0.15) is 0 Å². The van der Waals surface area contributed by atoms with Crippen LogP contribution < -0.4 is 10.1 Å². The lowest BCUT2D eigenvalue weighted by molar-refractivity contribution is 0.0669. The summed E-state index contributed by atoms with van der Waals surface area (Å²) in [6, 6.07) is 14.2. The van der Waals surface area contributed by atoms with E-state index in [-0.39, 0.29) is 11.9 Å². The highest BCUT2D eigenvalue weighted by Gasteiger charge is 2.17. The molecular weight excluding hydrogens is 319 g/mol. The van der Waals surface area contributed by atoms with E-state index in [0.717, 1.165) is 35.9 Å². The van der Waals surface area contributed by atoms with Crippen molar-refractivity contribution >= 4 is 22.1 Å². The van der Waals surface area contributed by atoms with E-state index >= 15 is 0 Å². The second kappa shape index (κ2) is 7.07. The third kappa shape index (κ3) is 3.56. The van der Waals surface area contributed by atoms with Gasteiger partial charge in [0, 0.05) is 35.0 Å². The van der Waals surface area contributed by atoms with Gasteiger partial charge in [0.05, 0.1) is 6.10 Å². The van der Waals surface area contributed by atoms with Crippen LogP contribution in [0.25, 0.3) is 10.8 Å². The lowest BCUT2D eigenvalue weighted by Crippen LogP contribution is -2.16. The third-order valence-corrected chi connectivity index (χ3v) is 4.30. The molecule has 25 heavy (non-hydrogen) atoms. The number of nitrogens with zero attached hydrogens (tertiary/aromatic N) is 1. The second-order valence-corrected chi connectivity index (χ2v) is 6.10. The van der Waals surface area contributed by atoms with Crippen molar-refractivity contribution in [1.82, 2.24) is 4.98 Å². The number of anilines is 2. The highest BCUT2D eigenvalue weighted by Crippen LogP contribution is 2.31. The van der Waals surface area contributed by atoms with Gasteiger partial charge in [0.1, 0.15) is 12.4 Å². The lowest BCUT2D eigenvalue weighted by Gasteiger charge is -2.14. The molecule has 0 amide bonds. The molecule has 4 nitrogen and oxygen atoms in total. The smallest absolute Gasteiger partial charge is 0.221 e. The van der Waals surface area contributed by atoms with E-state index in [2.05, 4.69) is 10.3 Å². The molecule has 1 fully saturated rings. The molecule has 0 spiro atoms. The summed E-state index contributed by atoms with van der Waals surface area (Å²) in [7, 11) is 0. The Hall–Kier alpha value is -2.66. The Bertz CT molecular complexity index is 878. The molecule has 3 aromatic rings. The minimum Gasteiger partial charge on any atom is -0.474 e. The van der Waals surface area contributed by atoms with E-state index in [1.165, 1.54) is 12.1 Å². The molecule has 1 aromatic heterocycles. The summed E-state index contributed by atoms with van der Waals surface area (Å²) in [5.41, 5.74) is 1.58. The molecule has 5 heteroatoms. The standard InChI is InChI=1S/C20H19FN2O2/c21-14-4-1-5-15(12-14)23-19-8-2-7-18-17(19)9-10-22-20(18)25-13-16-6-3-11-24-16/h1-2,4-5,7-10,12,16,23H,3,6,11,13H2. The monoisotopic (exact) mass is 338 g/mol. The van der Waals surface area contributed by atoms with E-state index in [4.69, 9.17) is 9.47 Å². The summed E-state index contributed by atoms with van der Waals surface area (Å²) in [6.45, 7) is 1.31. The maximum atomic E-state index is 13.4. The van der Waals surface area contributed by atoms with Gasteiger partial charge < -0.3 is 14.8 Å². The highest BCUT2D eigenvalue weighted by molar-refractivity contribution is 5.97. The molecule has 1 aliphatic rings. The van der Waals surface area contributed by atoms with Gasteiger partial charge in [-0.1, -0.05) is 12.1 Å². The van der Waals surface area contributed by atoms with E-state index in [1.54, 1.807) is 12.3 Å². The van der Waals surface area contributed by atoms with Crippen molar-refractivity contribution in [1.29, 1.82) is 0 Å². The van der Waals surface area contributed by atoms with E-state index < -0.39 is 0 Å². The molecule has 0 aliphatic carbocycles. The van der Waals surface area contributed by atoms with E-state index in [9.17, 15) is 4.39 Å². The Kier molecular flexibility index (Phi) is 4.48. The van der Waals surface area contributed by atoms with Crippen molar-refractivity contribution in [2.45, 2.75) is 18.9 Å². The van der Waals surface area contributed by atoms with Gasteiger partial charge in [0.15, 0.2) is 0 Å². The first-order valence-electron chi connectivity index (χ1n) is 8.44. The van der Waals surface area contributed by atoms with Crippen LogP contribution in [-0.4, -0.2) is 24.3 Å². The second-order valence-electron chi connectivity index (χ2n) is 6.10. The Morgan fingerprint density at radius 2 is 2.08 bits per heavy atom. The summed E-state index contributed by atoms with van der Waals surface area (Å²) in [5.74, 6) is 0.323. The summed E-state index contributed by atoms with van der Waals surface area (Å²) in [5, 5.41) is 5.16. The van der Waals surface area contributed by atoms with Crippen LogP contribution in [0.5, 0.6) is 5.88 Å². The number of rotatable bonds is 5. The molecule has 0 radical (unpaired) electrons. The number of hydrogen-bond acceptors (Lipinski definition) is 4. The van der Waals surface area contributed by atoms with Crippen molar-refractivity contribution in [3.8, 4) is 5.88 Å². The van der Waals surface area contributed by atoms with Crippen molar-refractivity contribution in [3.63, 3.8) is 0 Å². The fraction of sp³-hybridized carbons (Fsp3) is 0.250. The molecule has 2 heterocycles. The predicted molar refractivity (Wildman–Crippen MR) is 95.9 cm³/mol. The molecule has 1 N–H and O–H groups in total. The SMILES string of the molecule is Fc1cccc(Nc2cccc3c(OCC4CCCO4)nccc23)c1. The lowest BCUT2D eigenvalue weighted by atomic mass is 10.1. The first-order chi connectivity index (χ1) is 12.3. The van der Waals surface area contributed by atoms with Gasteiger partial charge in [0.25, 0.3) is 0 Å². The van der Waals surface area contributed by atoms with Crippen LogP contribution in [0.15, 0.2) is 54.7 Å². The number of nitrogens with one attached hydrogen (secondary N) is 1. The number of hydrogen-bond donors (Lipinski definition) is 1. The average molecular weight is 338 g/mol. The number of aromatic nitrogens is 1. The third-order valence-electron chi connectivity index (χ3n) is 4.30. The minimum atomic E-state index is -0.271. The summed E-state index contributed by atoms with van der Waals surface area (Å²) in [6.07, 6.45) is 3.98. The van der Waals surface area contributed by atoms with E-state index in [1.807, 2.05) is 30.3 Å². The molecule has 1 aliphatic heterocycles. The zero-order valence-electron chi connectivity index (χ0n) is 13.7. The Labute approximate surface area is 145 Å². The number of fused-ring (bicyclic) bond motifs is 1. The minimum absolute atomic E-state index is 0.144. The summed E-state index contributed by atoms with van der Waals surface area (Å²) >= 11 is 0. The van der Waals surface area contributed by atoms with Crippen molar-refractivity contribution in [3.05, 3.63) is 60.5 Å². The van der Waals surface area contributed by atoms with Crippen LogP contribution in [0, 0.1) is 5.82 Å². The van der Waals surface area contributed by atoms with Gasteiger partial charge in [0.2, 0.25) is 5.88 Å². The molecule has 4 rings (SSSR count). The van der Waals surface area contributed by atoms with Crippen molar-refractivity contribution in [2.75, 3.05) is 18.5 Å². The van der Waals surface area contributed by atoms with Crippen LogP contribution in [0.4, 0.5) is 15.8 Å². The maximum absolute atomic E-state index is 13.4. The number of halogens is 1. The van der Waals surface area contributed by atoms with Crippen LogP contribution >= 0.6 is 0 Å². The highest BCUT2D eigenvalue weighted by atomic mass is 19.1. The van der Waals surface area contributed by atoms with Crippen molar-refractivity contribution in [2.24, 2.45) is 0 Å². The predicted octanol–water partition coefficient (Wildman–Crippen LogP) is 4.68. The van der Waals surface area contributed by atoms with Crippen LogP contribution in [0.3, 0.4) is 0 Å². The zero-order valence-corrected chi connectivity index (χ0v) is 13.7. The molecule has 1 saturated heterocycles. The number of ether oxygens (including phenoxy) is 2. The average Bonchev–Trinajstić information content (AvgIpc) is 3.14. The van der Waals surface area contributed by atoms with Crippen LogP contribution in [-0.2, 0) is 4.74 Å². The largest absolute Gasteiger partial charge is 0.474 e.